The minimum atomic E-state index is 0.478. The van der Waals surface area contributed by atoms with Gasteiger partial charge in [0.25, 0.3) is 0 Å². The Kier molecular flexibility index (Phi) is 7.18. The molecule has 8 nitrogen and oxygen atoms in total. The Morgan fingerprint density at radius 1 is 1.03 bits per heavy atom. The molecule has 3 N–H and O–H groups in total. The maximum absolute atomic E-state index is 5.90. The van der Waals surface area contributed by atoms with Gasteiger partial charge in [0.15, 0.2) is 5.65 Å². The molecule has 4 aromatic rings. The molecule has 8 heteroatoms. The van der Waals surface area contributed by atoms with Gasteiger partial charge in [0.2, 0.25) is 5.95 Å². The van der Waals surface area contributed by atoms with Gasteiger partial charge in [0.05, 0.1) is 18.5 Å². The summed E-state index contributed by atoms with van der Waals surface area (Å²) in [6.45, 7) is 5.06. The van der Waals surface area contributed by atoms with Crippen LogP contribution in [0.5, 0.6) is 5.75 Å². The Morgan fingerprint density at radius 3 is 2.57 bits per heavy atom. The summed E-state index contributed by atoms with van der Waals surface area (Å²) in [4.78, 5) is 13.3. The zero-order valence-corrected chi connectivity index (χ0v) is 17.4. The van der Waals surface area contributed by atoms with Crippen molar-refractivity contribution in [1.82, 2.24) is 19.5 Å². The summed E-state index contributed by atoms with van der Waals surface area (Å²) in [6.07, 6.45) is 3.40. The van der Waals surface area contributed by atoms with Crippen molar-refractivity contribution in [2.45, 2.75) is 13.8 Å². The van der Waals surface area contributed by atoms with E-state index in [0.29, 0.717) is 36.0 Å². The average molecular weight is 406 g/mol. The Hall–Kier alpha value is -3.65. The summed E-state index contributed by atoms with van der Waals surface area (Å²) in [5.41, 5.74) is 9.72. The van der Waals surface area contributed by atoms with E-state index in [1.54, 1.807) is 19.6 Å². The number of imidazole rings is 1. The van der Waals surface area contributed by atoms with Gasteiger partial charge in [-0.25, -0.2) is 9.97 Å². The Bertz CT molecular complexity index is 1080. The number of aromatic nitrogens is 4. The lowest BCUT2D eigenvalue weighted by Crippen LogP contribution is -2.04. The standard InChI is InChI=1S/C20H20N6O2.C2H6/c1-27-9-10-28-17-7-5-15(6-8-17)24-20-22-12-18-19(25-20)26(13-23-18)16-4-2-3-14(21)11-16;1-2/h2-8,11-13H,9-10,21H2,1H3,(H,22,24,25);1-2H3. The highest BCUT2D eigenvalue weighted by molar-refractivity contribution is 5.74. The maximum Gasteiger partial charge on any atom is 0.229 e. The second kappa shape index (κ2) is 10.2. The van der Waals surface area contributed by atoms with E-state index in [-0.39, 0.29) is 0 Å². The smallest absolute Gasteiger partial charge is 0.229 e. The number of rotatable bonds is 7. The van der Waals surface area contributed by atoms with Crippen LogP contribution in [0.25, 0.3) is 16.9 Å². The van der Waals surface area contributed by atoms with Crippen molar-refractivity contribution in [3.8, 4) is 11.4 Å². The minimum Gasteiger partial charge on any atom is -0.491 e. The summed E-state index contributed by atoms with van der Waals surface area (Å²) in [7, 11) is 1.64. The van der Waals surface area contributed by atoms with E-state index >= 15 is 0 Å². The highest BCUT2D eigenvalue weighted by atomic mass is 16.5. The fraction of sp³-hybridized carbons (Fsp3) is 0.227. The number of nitrogen functional groups attached to an aromatic ring is 1. The first-order valence-corrected chi connectivity index (χ1v) is 9.78. The molecule has 0 bridgehead atoms. The molecule has 0 spiro atoms. The van der Waals surface area contributed by atoms with E-state index in [1.165, 1.54) is 0 Å². The van der Waals surface area contributed by atoms with Crippen LogP contribution in [0.1, 0.15) is 13.8 Å². The molecule has 0 aliphatic rings. The largest absolute Gasteiger partial charge is 0.491 e. The Balaban J connectivity index is 0.00000124. The molecule has 0 radical (unpaired) electrons. The zero-order valence-electron chi connectivity index (χ0n) is 17.4. The van der Waals surface area contributed by atoms with Crippen molar-refractivity contribution in [2.75, 3.05) is 31.4 Å². The fourth-order valence-electron chi connectivity index (χ4n) is 2.74. The number of anilines is 3. The molecule has 0 aliphatic heterocycles. The normalized spacial score (nSPS) is 10.4. The molecule has 0 fully saturated rings. The molecular formula is C22H26N6O2. The lowest BCUT2D eigenvalue weighted by atomic mass is 10.3. The molecule has 0 saturated heterocycles. The van der Waals surface area contributed by atoms with E-state index in [0.717, 1.165) is 17.1 Å². The van der Waals surface area contributed by atoms with Crippen molar-refractivity contribution in [3.05, 3.63) is 61.1 Å². The molecule has 2 aromatic heterocycles. The predicted molar refractivity (Wildman–Crippen MR) is 120 cm³/mol. The van der Waals surface area contributed by atoms with Gasteiger partial charge in [-0.3, -0.25) is 4.57 Å². The van der Waals surface area contributed by atoms with E-state index in [4.69, 9.17) is 15.2 Å². The lowest BCUT2D eigenvalue weighted by Gasteiger charge is -2.08. The van der Waals surface area contributed by atoms with Crippen LogP contribution in [-0.2, 0) is 4.74 Å². The molecule has 0 saturated carbocycles. The number of fused-ring (bicyclic) bond motifs is 1. The van der Waals surface area contributed by atoms with E-state index in [9.17, 15) is 0 Å². The molecule has 0 aliphatic carbocycles. The van der Waals surface area contributed by atoms with Gasteiger partial charge < -0.3 is 20.5 Å². The summed E-state index contributed by atoms with van der Waals surface area (Å²) in [5, 5.41) is 3.20. The number of nitrogens with zero attached hydrogens (tertiary/aromatic N) is 4. The molecule has 0 amide bonds. The van der Waals surface area contributed by atoms with Gasteiger partial charge in [-0.1, -0.05) is 19.9 Å². The second-order valence-electron chi connectivity index (χ2n) is 6.10. The summed E-state index contributed by atoms with van der Waals surface area (Å²) < 4.78 is 12.4. The van der Waals surface area contributed by atoms with E-state index < -0.39 is 0 Å². The fourth-order valence-corrected chi connectivity index (χ4v) is 2.74. The molecule has 0 unspecified atom stereocenters. The van der Waals surface area contributed by atoms with Crippen molar-refractivity contribution in [1.29, 1.82) is 0 Å². The molecule has 0 atom stereocenters. The van der Waals surface area contributed by atoms with Gasteiger partial charge in [-0.2, -0.15) is 4.98 Å². The maximum atomic E-state index is 5.90. The molecule has 2 aromatic carbocycles. The van der Waals surface area contributed by atoms with Crippen LogP contribution < -0.4 is 15.8 Å². The molecule has 156 valence electrons. The third-order valence-corrected chi connectivity index (χ3v) is 4.11. The molecular weight excluding hydrogens is 380 g/mol. The lowest BCUT2D eigenvalue weighted by molar-refractivity contribution is 0.146. The van der Waals surface area contributed by atoms with E-state index in [1.807, 2.05) is 66.9 Å². The van der Waals surface area contributed by atoms with Gasteiger partial charge in [-0.05, 0) is 42.5 Å². The minimum absolute atomic E-state index is 0.478. The second-order valence-corrected chi connectivity index (χ2v) is 6.10. The zero-order chi connectivity index (χ0) is 21.3. The number of nitrogens with two attached hydrogens (primary N) is 1. The first-order valence-electron chi connectivity index (χ1n) is 9.78. The summed E-state index contributed by atoms with van der Waals surface area (Å²) in [6, 6.07) is 15.1. The van der Waals surface area contributed by atoms with Crippen LogP contribution in [-0.4, -0.2) is 39.8 Å². The van der Waals surface area contributed by atoms with Crippen LogP contribution in [0, 0.1) is 0 Å². The summed E-state index contributed by atoms with van der Waals surface area (Å²) in [5.74, 6) is 1.25. The van der Waals surface area contributed by atoms with Crippen LogP contribution in [0.3, 0.4) is 0 Å². The molecule has 2 heterocycles. The van der Waals surface area contributed by atoms with Gasteiger partial charge in [-0.15, -0.1) is 0 Å². The highest BCUT2D eigenvalue weighted by Gasteiger charge is 2.09. The topological polar surface area (TPSA) is 100 Å². The number of nitrogens with one attached hydrogen (secondary N) is 1. The number of hydrogen-bond donors (Lipinski definition) is 2. The molecule has 4 rings (SSSR count). The van der Waals surface area contributed by atoms with Gasteiger partial charge in [0, 0.05) is 18.5 Å². The van der Waals surface area contributed by atoms with Crippen molar-refractivity contribution in [3.63, 3.8) is 0 Å². The monoisotopic (exact) mass is 406 g/mol. The first kappa shape index (κ1) is 21.1. The van der Waals surface area contributed by atoms with Gasteiger partial charge in [0.1, 0.15) is 24.2 Å². The number of ether oxygens (including phenoxy) is 2. The summed E-state index contributed by atoms with van der Waals surface area (Å²) >= 11 is 0. The van der Waals surface area contributed by atoms with E-state index in [2.05, 4.69) is 20.3 Å². The predicted octanol–water partition coefficient (Wildman–Crippen LogP) is 4.19. The Labute approximate surface area is 175 Å². The Morgan fingerprint density at radius 2 is 1.83 bits per heavy atom. The van der Waals surface area contributed by atoms with Crippen LogP contribution in [0.4, 0.5) is 17.3 Å². The van der Waals surface area contributed by atoms with Crippen LogP contribution >= 0.6 is 0 Å². The average Bonchev–Trinajstić information content (AvgIpc) is 3.20. The molecule has 30 heavy (non-hydrogen) atoms. The highest BCUT2D eigenvalue weighted by Crippen LogP contribution is 2.21. The number of benzene rings is 2. The van der Waals surface area contributed by atoms with Crippen molar-refractivity contribution >= 4 is 28.5 Å². The van der Waals surface area contributed by atoms with Crippen LogP contribution in [0.2, 0.25) is 0 Å². The quantitative estimate of drug-likeness (QED) is 0.350. The number of methoxy groups -OCH3 is 1. The van der Waals surface area contributed by atoms with Crippen LogP contribution in [0.15, 0.2) is 61.1 Å². The third-order valence-electron chi connectivity index (χ3n) is 4.11. The number of hydrogen-bond acceptors (Lipinski definition) is 7. The third kappa shape index (κ3) is 5.03. The van der Waals surface area contributed by atoms with Crippen molar-refractivity contribution < 1.29 is 9.47 Å². The van der Waals surface area contributed by atoms with Gasteiger partial charge >= 0.3 is 0 Å². The SMILES string of the molecule is CC.COCCOc1ccc(Nc2ncc3ncn(-c4cccc(N)c4)c3n2)cc1. The van der Waals surface area contributed by atoms with Crippen molar-refractivity contribution in [2.24, 2.45) is 0 Å². The first-order chi connectivity index (χ1) is 14.7.